The van der Waals surface area contributed by atoms with Crippen molar-refractivity contribution < 1.29 is 19.6 Å². The van der Waals surface area contributed by atoms with E-state index in [1.165, 1.54) is 25.3 Å². The Morgan fingerprint density at radius 3 is 2.90 bits per heavy atom. The molecule has 20 heavy (non-hydrogen) atoms. The normalized spacial score (nSPS) is 18.7. The van der Waals surface area contributed by atoms with Gasteiger partial charge in [-0.3, -0.25) is 14.9 Å². The number of hydrogen-bond donors (Lipinski definition) is 1. The number of likely N-dealkylation sites (tertiary alicyclic amines) is 1. The maximum atomic E-state index is 12.3. The quantitative estimate of drug-likeness (QED) is 0.663. The Morgan fingerprint density at radius 1 is 1.55 bits per heavy atom. The highest BCUT2D eigenvalue weighted by atomic mass is 16.6. The second kappa shape index (κ2) is 5.87. The first-order valence-corrected chi connectivity index (χ1v) is 6.32. The molecule has 0 unspecified atom stereocenters. The van der Waals surface area contributed by atoms with E-state index < -0.39 is 11.0 Å². The molecule has 0 aliphatic carbocycles. The molecule has 1 N–H and O–H groups in total. The number of carbonyl (C=O) groups excluding carboxylic acids is 1. The third-order valence-electron chi connectivity index (χ3n) is 3.31. The first-order chi connectivity index (χ1) is 9.52. The summed E-state index contributed by atoms with van der Waals surface area (Å²) in [5.74, 6) is -0.199. The highest BCUT2D eigenvalue weighted by molar-refractivity contribution is 5.95. The molecule has 0 bridgehead atoms. The van der Waals surface area contributed by atoms with Gasteiger partial charge in [-0.15, -0.1) is 0 Å². The van der Waals surface area contributed by atoms with Gasteiger partial charge < -0.3 is 14.7 Å². The fourth-order valence-electron chi connectivity index (χ4n) is 2.28. The van der Waals surface area contributed by atoms with Crippen LogP contribution in [0.1, 0.15) is 23.2 Å². The second-order valence-corrected chi connectivity index (χ2v) is 4.69. The van der Waals surface area contributed by atoms with Crippen molar-refractivity contribution in [1.82, 2.24) is 4.90 Å². The van der Waals surface area contributed by atoms with Crippen LogP contribution < -0.4 is 4.74 Å². The SMILES string of the molecule is COc1cc(C(=O)N2CCC[C@H](O)C2)ccc1[N+](=O)[O-]. The van der Waals surface area contributed by atoms with E-state index in [2.05, 4.69) is 0 Å². The first-order valence-electron chi connectivity index (χ1n) is 6.32. The van der Waals surface area contributed by atoms with Crippen LogP contribution >= 0.6 is 0 Å². The highest BCUT2D eigenvalue weighted by Gasteiger charge is 2.25. The molecule has 0 aromatic heterocycles. The molecular weight excluding hydrogens is 264 g/mol. The van der Waals surface area contributed by atoms with Crippen molar-refractivity contribution >= 4 is 11.6 Å². The van der Waals surface area contributed by atoms with Crippen LogP contribution in [0.25, 0.3) is 0 Å². The molecule has 1 aromatic carbocycles. The second-order valence-electron chi connectivity index (χ2n) is 4.69. The minimum absolute atomic E-state index is 0.0541. The molecule has 1 aliphatic rings. The lowest BCUT2D eigenvalue weighted by molar-refractivity contribution is -0.385. The Balaban J connectivity index is 2.24. The summed E-state index contributed by atoms with van der Waals surface area (Å²) >= 11 is 0. The summed E-state index contributed by atoms with van der Waals surface area (Å²) in [5, 5.41) is 20.4. The standard InChI is InChI=1S/C13H16N2O5/c1-20-12-7-9(4-5-11(12)15(18)19)13(17)14-6-2-3-10(16)8-14/h4-5,7,10,16H,2-3,6,8H2,1H3/t10-/m0/s1. The van der Waals surface area contributed by atoms with E-state index >= 15 is 0 Å². The molecular formula is C13H16N2O5. The highest BCUT2D eigenvalue weighted by Crippen LogP contribution is 2.28. The number of amides is 1. The van der Waals surface area contributed by atoms with Crippen LogP contribution in [0.5, 0.6) is 5.75 Å². The molecule has 1 aliphatic heterocycles. The molecule has 1 saturated heterocycles. The smallest absolute Gasteiger partial charge is 0.310 e. The fraction of sp³-hybridized carbons (Fsp3) is 0.462. The number of carbonyl (C=O) groups is 1. The summed E-state index contributed by atoms with van der Waals surface area (Å²) < 4.78 is 4.94. The van der Waals surface area contributed by atoms with Crippen molar-refractivity contribution in [1.29, 1.82) is 0 Å². The number of hydrogen-bond acceptors (Lipinski definition) is 5. The summed E-state index contributed by atoms with van der Waals surface area (Å²) in [6.45, 7) is 0.868. The number of benzene rings is 1. The van der Waals surface area contributed by atoms with Gasteiger partial charge >= 0.3 is 5.69 Å². The maximum Gasteiger partial charge on any atom is 0.310 e. The molecule has 0 saturated carbocycles. The lowest BCUT2D eigenvalue weighted by Crippen LogP contribution is -2.42. The Labute approximate surface area is 115 Å². The Hall–Kier alpha value is -2.15. The van der Waals surface area contributed by atoms with E-state index in [4.69, 9.17) is 4.74 Å². The van der Waals surface area contributed by atoms with E-state index in [0.717, 1.165) is 6.42 Å². The van der Waals surface area contributed by atoms with Crippen LogP contribution in [0.4, 0.5) is 5.69 Å². The number of aliphatic hydroxyl groups is 1. The lowest BCUT2D eigenvalue weighted by Gasteiger charge is -2.30. The number of ether oxygens (including phenoxy) is 1. The summed E-state index contributed by atoms with van der Waals surface area (Å²) in [7, 11) is 1.32. The lowest BCUT2D eigenvalue weighted by atomic mass is 10.1. The van der Waals surface area contributed by atoms with Crippen molar-refractivity contribution in [3.8, 4) is 5.75 Å². The topological polar surface area (TPSA) is 92.9 Å². The third kappa shape index (κ3) is 2.88. The molecule has 7 nitrogen and oxygen atoms in total. The van der Waals surface area contributed by atoms with Gasteiger partial charge in [0, 0.05) is 30.8 Å². The van der Waals surface area contributed by atoms with Crippen molar-refractivity contribution in [2.24, 2.45) is 0 Å². The molecule has 2 rings (SSSR count). The fourth-order valence-corrected chi connectivity index (χ4v) is 2.28. The Morgan fingerprint density at radius 2 is 2.30 bits per heavy atom. The minimum atomic E-state index is -0.558. The van der Waals surface area contributed by atoms with Crippen molar-refractivity contribution in [3.63, 3.8) is 0 Å². The average Bonchev–Trinajstić information content (AvgIpc) is 2.45. The van der Waals surface area contributed by atoms with Crippen LogP contribution in [-0.4, -0.2) is 47.1 Å². The van der Waals surface area contributed by atoms with Gasteiger partial charge in [-0.05, 0) is 18.9 Å². The Bertz CT molecular complexity index is 531. The van der Waals surface area contributed by atoms with Crippen LogP contribution in [0.15, 0.2) is 18.2 Å². The molecule has 1 atom stereocenters. The zero-order valence-electron chi connectivity index (χ0n) is 11.1. The number of methoxy groups -OCH3 is 1. The largest absolute Gasteiger partial charge is 0.490 e. The molecule has 1 fully saturated rings. The Kier molecular flexibility index (Phi) is 4.19. The summed E-state index contributed by atoms with van der Waals surface area (Å²) in [5.41, 5.74) is 0.143. The number of rotatable bonds is 3. The molecule has 0 spiro atoms. The van der Waals surface area contributed by atoms with Gasteiger partial charge in [0.1, 0.15) is 0 Å². The van der Waals surface area contributed by atoms with E-state index in [-0.39, 0.29) is 23.9 Å². The van der Waals surface area contributed by atoms with Gasteiger partial charge in [0.2, 0.25) is 0 Å². The molecule has 0 radical (unpaired) electrons. The predicted molar refractivity (Wildman–Crippen MR) is 70.8 cm³/mol. The number of aliphatic hydroxyl groups excluding tert-OH is 1. The van der Waals surface area contributed by atoms with Crippen LogP contribution in [0.3, 0.4) is 0 Å². The molecule has 108 valence electrons. The molecule has 1 amide bonds. The van der Waals surface area contributed by atoms with Crippen molar-refractivity contribution in [2.75, 3.05) is 20.2 Å². The number of piperidine rings is 1. The summed E-state index contributed by atoms with van der Waals surface area (Å²) in [6, 6.07) is 4.03. The summed E-state index contributed by atoms with van der Waals surface area (Å²) in [6.07, 6.45) is 0.928. The summed E-state index contributed by atoms with van der Waals surface area (Å²) in [4.78, 5) is 24.1. The maximum absolute atomic E-state index is 12.3. The third-order valence-corrected chi connectivity index (χ3v) is 3.31. The molecule has 7 heteroatoms. The number of nitrogens with zero attached hydrogens (tertiary/aromatic N) is 2. The van der Waals surface area contributed by atoms with Gasteiger partial charge in [-0.25, -0.2) is 0 Å². The first kappa shape index (κ1) is 14.3. The number of β-amino-alcohol motifs (C(OH)–C–C–N with tert-alkyl or cyclic N) is 1. The van der Waals surface area contributed by atoms with Gasteiger partial charge in [0.25, 0.3) is 5.91 Å². The minimum Gasteiger partial charge on any atom is -0.490 e. The van der Waals surface area contributed by atoms with Gasteiger partial charge in [-0.2, -0.15) is 0 Å². The molecule has 1 aromatic rings. The van der Waals surface area contributed by atoms with Crippen LogP contribution in [-0.2, 0) is 0 Å². The monoisotopic (exact) mass is 280 g/mol. The average molecular weight is 280 g/mol. The van der Waals surface area contributed by atoms with Gasteiger partial charge in [0.15, 0.2) is 5.75 Å². The van der Waals surface area contributed by atoms with Crippen molar-refractivity contribution in [2.45, 2.75) is 18.9 Å². The van der Waals surface area contributed by atoms with Gasteiger partial charge in [-0.1, -0.05) is 0 Å². The van der Waals surface area contributed by atoms with E-state index in [9.17, 15) is 20.0 Å². The van der Waals surface area contributed by atoms with Crippen LogP contribution in [0.2, 0.25) is 0 Å². The van der Waals surface area contributed by atoms with Gasteiger partial charge in [0.05, 0.1) is 18.1 Å². The molecule has 1 heterocycles. The van der Waals surface area contributed by atoms with E-state index in [1.807, 2.05) is 0 Å². The van der Waals surface area contributed by atoms with Crippen molar-refractivity contribution in [3.05, 3.63) is 33.9 Å². The zero-order valence-corrected chi connectivity index (χ0v) is 11.1. The predicted octanol–water partition coefficient (Wildman–Crippen LogP) is 1.20. The number of nitro groups is 1. The van der Waals surface area contributed by atoms with E-state index in [0.29, 0.717) is 18.5 Å². The van der Waals surface area contributed by atoms with E-state index in [1.54, 1.807) is 4.90 Å². The van der Waals surface area contributed by atoms with Crippen LogP contribution in [0, 0.1) is 10.1 Å². The zero-order chi connectivity index (χ0) is 14.7. The number of nitro benzene ring substituents is 1.